The topological polar surface area (TPSA) is 90.0 Å². The van der Waals surface area contributed by atoms with Crippen LogP contribution in [0.15, 0.2) is 24.3 Å². The summed E-state index contributed by atoms with van der Waals surface area (Å²) in [6, 6.07) is 7.68. The Morgan fingerprint density at radius 1 is 1.30 bits per heavy atom. The molecule has 1 saturated carbocycles. The number of likely N-dealkylation sites (tertiary alicyclic amines) is 1. The molecular formula is C20H25N3O4. The number of aliphatic hydroxyl groups excluding tert-OH is 1. The molecule has 3 aliphatic rings. The maximum Gasteiger partial charge on any atom is 0.253 e. The van der Waals surface area contributed by atoms with E-state index in [4.69, 9.17) is 0 Å². The number of hydrogen-bond donors (Lipinski definition) is 2. The maximum absolute atomic E-state index is 13.7. The molecule has 27 heavy (non-hydrogen) atoms. The normalized spacial score (nSPS) is 29.4. The Balaban J connectivity index is 1.88. The van der Waals surface area contributed by atoms with Gasteiger partial charge in [-0.2, -0.15) is 0 Å². The smallest absolute Gasteiger partial charge is 0.253 e. The minimum atomic E-state index is -1.18. The zero-order chi connectivity index (χ0) is 19.3. The fourth-order valence-electron chi connectivity index (χ4n) is 4.80. The Kier molecular flexibility index (Phi) is 4.22. The number of carbonyl (C=O) groups excluding carboxylic acids is 3. The SMILES string of the molecule is CNC(=O)[C@H]1CN(C(=O)CO)[C@]2(C)C(=O)N(CC3CC3)c3ccccc3[C@H]12. The van der Waals surface area contributed by atoms with Crippen molar-refractivity contribution in [2.24, 2.45) is 11.8 Å². The lowest BCUT2D eigenvalue weighted by Crippen LogP contribution is -2.62. The summed E-state index contributed by atoms with van der Waals surface area (Å²) < 4.78 is 0. The molecule has 4 rings (SSSR count). The van der Waals surface area contributed by atoms with Crippen LogP contribution >= 0.6 is 0 Å². The number of aliphatic hydroxyl groups is 1. The van der Waals surface area contributed by atoms with Gasteiger partial charge in [0, 0.05) is 31.7 Å². The van der Waals surface area contributed by atoms with Crippen molar-refractivity contribution in [3.05, 3.63) is 29.8 Å². The molecule has 2 fully saturated rings. The number of para-hydroxylation sites is 1. The largest absolute Gasteiger partial charge is 0.387 e. The van der Waals surface area contributed by atoms with Crippen molar-refractivity contribution >= 4 is 23.4 Å². The molecule has 7 heteroatoms. The lowest BCUT2D eigenvalue weighted by atomic mass is 9.71. The minimum absolute atomic E-state index is 0.123. The van der Waals surface area contributed by atoms with Crippen LogP contribution in [0.5, 0.6) is 0 Å². The second-order valence-corrected chi connectivity index (χ2v) is 7.93. The Bertz CT molecular complexity index is 806. The first-order chi connectivity index (χ1) is 12.9. The second kappa shape index (κ2) is 6.34. The Morgan fingerprint density at radius 3 is 2.63 bits per heavy atom. The minimum Gasteiger partial charge on any atom is -0.387 e. The first kappa shape index (κ1) is 18.0. The van der Waals surface area contributed by atoms with Crippen molar-refractivity contribution < 1.29 is 19.5 Å². The summed E-state index contributed by atoms with van der Waals surface area (Å²) in [6.07, 6.45) is 2.21. The zero-order valence-corrected chi connectivity index (χ0v) is 15.6. The molecule has 1 aliphatic carbocycles. The van der Waals surface area contributed by atoms with Gasteiger partial charge in [-0.25, -0.2) is 0 Å². The van der Waals surface area contributed by atoms with Crippen LogP contribution in [0.3, 0.4) is 0 Å². The lowest BCUT2D eigenvalue weighted by molar-refractivity contribution is -0.145. The van der Waals surface area contributed by atoms with Gasteiger partial charge in [0.2, 0.25) is 11.8 Å². The van der Waals surface area contributed by atoms with Crippen LogP contribution in [-0.4, -0.2) is 60.0 Å². The molecule has 3 amide bonds. The highest BCUT2D eigenvalue weighted by Gasteiger charge is 2.63. The highest BCUT2D eigenvalue weighted by molar-refractivity contribution is 6.07. The van der Waals surface area contributed by atoms with E-state index in [2.05, 4.69) is 5.32 Å². The number of carbonyl (C=O) groups is 3. The lowest BCUT2D eigenvalue weighted by Gasteiger charge is -2.46. The van der Waals surface area contributed by atoms with E-state index >= 15 is 0 Å². The van der Waals surface area contributed by atoms with E-state index in [1.165, 1.54) is 4.90 Å². The summed E-state index contributed by atoms with van der Waals surface area (Å²) in [5.41, 5.74) is 0.575. The van der Waals surface area contributed by atoms with Gasteiger partial charge < -0.3 is 20.2 Å². The van der Waals surface area contributed by atoms with Gasteiger partial charge in [-0.3, -0.25) is 14.4 Å². The molecule has 7 nitrogen and oxygen atoms in total. The number of nitrogens with one attached hydrogen (secondary N) is 1. The summed E-state index contributed by atoms with van der Waals surface area (Å²) in [5, 5.41) is 12.1. The molecule has 0 bridgehead atoms. The molecule has 2 heterocycles. The number of fused-ring (bicyclic) bond motifs is 3. The van der Waals surface area contributed by atoms with Crippen molar-refractivity contribution in [2.45, 2.75) is 31.2 Å². The first-order valence-electron chi connectivity index (χ1n) is 9.47. The Labute approximate surface area is 158 Å². The van der Waals surface area contributed by atoms with Crippen molar-refractivity contribution in [3.8, 4) is 0 Å². The van der Waals surface area contributed by atoms with Gasteiger partial charge in [-0.15, -0.1) is 0 Å². The van der Waals surface area contributed by atoms with Crippen molar-refractivity contribution in [2.75, 3.05) is 31.6 Å². The van der Waals surface area contributed by atoms with Crippen LogP contribution in [0.4, 0.5) is 5.69 Å². The molecular weight excluding hydrogens is 346 g/mol. The van der Waals surface area contributed by atoms with Gasteiger partial charge in [-0.1, -0.05) is 18.2 Å². The summed E-state index contributed by atoms with van der Waals surface area (Å²) in [6.45, 7) is 1.81. The van der Waals surface area contributed by atoms with Crippen LogP contribution in [0.25, 0.3) is 0 Å². The second-order valence-electron chi connectivity index (χ2n) is 7.93. The fourth-order valence-corrected chi connectivity index (χ4v) is 4.80. The predicted molar refractivity (Wildman–Crippen MR) is 99.0 cm³/mol. The first-order valence-corrected chi connectivity index (χ1v) is 9.47. The van der Waals surface area contributed by atoms with E-state index in [-0.39, 0.29) is 18.4 Å². The van der Waals surface area contributed by atoms with Gasteiger partial charge >= 0.3 is 0 Å². The summed E-state index contributed by atoms with van der Waals surface area (Å²) in [5.74, 6) is -1.37. The molecule has 0 radical (unpaired) electrons. The molecule has 2 aliphatic heterocycles. The van der Waals surface area contributed by atoms with Crippen molar-refractivity contribution in [3.63, 3.8) is 0 Å². The molecule has 1 aromatic carbocycles. The van der Waals surface area contributed by atoms with E-state index in [0.29, 0.717) is 12.5 Å². The quantitative estimate of drug-likeness (QED) is 0.806. The van der Waals surface area contributed by atoms with Gasteiger partial charge in [0.1, 0.15) is 12.1 Å². The standard InChI is InChI=1S/C20H25N3O4/c1-20-17(14(18(26)21-2)10-23(20)16(25)11-24)13-5-3-4-6-15(13)22(19(20)27)9-12-7-8-12/h3-6,12,14,17,24H,7-11H2,1-2H3,(H,21,26)/t14-,17+,20-/m0/s1. The van der Waals surface area contributed by atoms with Gasteiger partial charge in [0.15, 0.2) is 0 Å². The highest BCUT2D eigenvalue weighted by atomic mass is 16.3. The molecule has 1 saturated heterocycles. The number of hydrogen-bond acceptors (Lipinski definition) is 4. The summed E-state index contributed by atoms with van der Waals surface area (Å²) in [4.78, 5) is 42.0. The van der Waals surface area contributed by atoms with Crippen LogP contribution < -0.4 is 10.2 Å². The van der Waals surface area contributed by atoms with Crippen LogP contribution in [0.1, 0.15) is 31.2 Å². The van der Waals surface area contributed by atoms with Crippen LogP contribution in [-0.2, 0) is 14.4 Å². The highest BCUT2D eigenvalue weighted by Crippen LogP contribution is 2.53. The number of anilines is 1. The Hall–Kier alpha value is -2.41. The third-order valence-corrected chi connectivity index (χ3v) is 6.35. The predicted octanol–water partition coefficient (Wildman–Crippen LogP) is 0.482. The average Bonchev–Trinajstić information content (AvgIpc) is 3.45. The molecule has 0 spiro atoms. The maximum atomic E-state index is 13.7. The van der Waals surface area contributed by atoms with Gasteiger partial charge in [-0.05, 0) is 37.3 Å². The van der Waals surface area contributed by atoms with Gasteiger partial charge in [0.25, 0.3) is 5.91 Å². The summed E-state index contributed by atoms with van der Waals surface area (Å²) >= 11 is 0. The third-order valence-electron chi connectivity index (χ3n) is 6.35. The third kappa shape index (κ3) is 2.56. The fraction of sp³-hybridized carbons (Fsp3) is 0.550. The van der Waals surface area contributed by atoms with E-state index in [1.54, 1.807) is 18.9 Å². The number of rotatable bonds is 4. The molecule has 1 aromatic rings. The molecule has 144 valence electrons. The monoisotopic (exact) mass is 371 g/mol. The average molecular weight is 371 g/mol. The van der Waals surface area contributed by atoms with Crippen LogP contribution in [0.2, 0.25) is 0 Å². The number of nitrogens with zero attached hydrogens (tertiary/aromatic N) is 2. The molecule has 0 aromatic heterocycles. The van der Waals surface area contributed by atoms with E-state index in [1.807, 2.05) is 24.3 Å². The van der Waals surface area contributed by atoms with E-state index < -0.39 is 29.9 Å². The van der Waals surface area contributed by atoms with Crippen molar-refractivity contribution in [1.29, 1.82) is 0 Å². The zero-order valence-electron chi connectivity index (χ0n) is 15.6. The number of amides is 3. The van der Waals surface area contributed by atoms with E-state index in [9.17, 15) is 19.5 Å². The molecule has 0 unspecified atom stereocenters. The molecule has 2 N–H and O–H groups in total. The van der Waals surface area contributed by atoms with Crippen LogP contribution in [0, 0.1) is 11.8 Å². The van der Waals surface area contributed by atoms with Crippen molar-refractivity contribution in [1.82, 2.24) is 10.2 Å². The van der Waals surface area contributed by atoms with Gasteiger partial charge in [0.05, 0.1) is 5.92 Å². The molecule has 3 atom stereocenters. The van der Waals surface area contributed by atoms with E-state index in [0.717, 1.165) is 24.1 Å². The summed E-state index contributed by atoms with van der Waals surface area (Å²) in [7, 11) is 1.56. The Morgan fingerprint density at radius 2 is 2.00 bits per heavy atom. The number of benzene rings is 1.